The molecule has 1 aromatic carbocycles. The molecule has 0 saturated heterocycles. The molecule has 108 valence electrons. The van der Waals surface area contributed by atoms with E-state index in [-0.39, 0.29) is 0 Å². The van der Waals surface area contributed by atoms with Gasteiger partial charge in [0.1, 0.15) is 11.3 Å². The second-order valence-corrected chi connectivity index (χ2v) is 5.47. The highest BCUT2D eigenvalue weighted by molar-refractivity contribution is 7.71. The lowest BCUT2D eigenvalue weighted by molar-refractivity contribution is -0.0190. The first-order valence-electron chi connectivity index (χ1n) is 7.22. The molecule has 1 N–H and O–H groups in total. The van der Waals surface area contributed by atoms with Crippen LogP contribution >= 0.6 is 12.2 Å². The Bertz CT molecular complexity index is 655. The summed E-state index contributed by atoms with van der Waals surface area (Å²) in [6.45, 7) is 5.47. The Balaban J connectivity index is 1.94. The monoisotopic (exact) mass is 292 g/mol. The molecule has 3 rings (SSSR count). The number of benzene rings is 1. The molecule has 0 radical (unpaired) electrons. The van der Waals surface area contributed by atoms with Gasteiger partial charge in [-0.1, -0.05) is 6.07 Å². The van der Waals surface area contributed by atoms with Crippen molar-refractivity contribution in [2.75, 3.05) is 13.2 Å². The second kappa shape index (κ2) is 5.58. The van der Waals surface area contributed by atoms with Crippen molar-refractivity contribution in [1.29, 1.82) is 0 Å². The zero-order valence-corrected chi connectivity index (χ0v) is 12.7. The van der Waals surface area contributed by atoms with Crippen molar-refractivity contribution >= 4 is 23.3 Å². The molecule has 0 atom stereocenters. The van der Waals surface area contributed by atoms with Gasteiger partial charge in [-0.3, -0.25) is 0 Å². The number of nitrogens with zero attached hydrogens (tertiary/aromatic N) is 1. The molecule has 1 aliphatic rings. The number of hydrogen-bond donors (Lipinski definition) is 1. The molecule has 0 bridgehead atoms. The third-order valence-electron chi connectivity index (χ3n) is 3.85. The highest BCUT2D eigenvalue weighted by Crippen LogP contribution is 2.38. The van der Waals surface area contributed by atoms with Crippen molar-refractivity contribution < 1.29 is 9.47 Å². The summed E-state index contributed by atoms with van der Waals surface area (Å²) in [6.07, 6.45) is 2.45. The quantitative estimate of drug-likeness (QED) is 0.851. The van der Waals surface area contributed by atoms with E-state index in [9.17, 15) is 0 Å². The maximum atomic E-state index is 5.66. The van der Waals surface area contributed by atoms with Gasteiger partial charge in [-0.15, -0.1) is 0 Å². The van der Waals surface area contributed by atoms with Gasteiger partial charge in [0.15, 0.2) is 4.77 Å². The van der Waals surface area contributed by atoms with Gasteiger partial charge in [0.2, 0.25) is 0 Å². The molecule has 2 aromatic rings. The van der Waals surface area contributed by atoms with Gasteiger partial charge in [0.25, 0.3) is 0 Å². The fraction of sp³-hybridized carbons (Fsp3) is 0.533. The van der Waals surface area contributed by atoms with Crippen LogP contribution in [0.25, 0.3) is 11.0 Å². The maximum absolute atomic E-state index is 5.66. The van der Waals surface area contributed by atoms with Crippen molar-refractivity contribution in [2.24, 2.45) is 0 Å². The summed E-state index contributed by atoms with van der Waals surface area (Å²) in [4.78, 5) is 3.29. The van der Waals surface area contributed by atoms with E-state index in [4.69, 9.17) is 21.7 Å². The number of ether oxygens (including phenoxy) is 2. The minimum absolute atomic E-state index is 0.381. The van der Waals surface area contributed by atoms with E-state index in [1.54, 1.807) is 0 Å². The van der Waals surface area contributed by atoms with E-state index in [1.807, 2.05) is 26.0 Å². The highest BCUT2D eigenvalue weighted by Gasteiger charge is 2.32. The minimum Gasteiger partial charge on any atom is -0.492 e. The summed E-state index contributed by atoms with van der Waals surface area (Å²) in [5.41, 5.74) is 2.13. The average Bonchev–Trinajstić information content (AvgIpc) is 2.71. The van der Waals surface area contributed by atoms with Crippen LogP contribution in [0, 0.1) is 4.77 Å². The Labute approximate surface area is 123 Å². The number of aromatic nitrogens is 2. The topological polar surface area (TPSA) is 39.2 Å². The number of imidazole rings is 1. The Hall–Kier alpha value is -1.33. The number of H-pyrrole nitrogens is 1. The average molecular weight is 292 g/mol. The van der Waals surface area contributed by atoms with Crippen molar-refractivity contribution in [1.82, 2.24) is 9.55 Å². The summed E-state index contributed by atoms with van der Waals surface area (Å²) >= 11 is 5.49. The van der Waals surface area contributed by atoms with E-state index < -0.39 is 0 Å². The molecule has 0 aliphatic heterocycles. The Morgan fingerprint density at radius 3 is 2.80 bits per heavy atom. The van der Waals surface area contributed by atoms with Gasteiger partial charge < -0.3 is 19.0 Å². The van der Waals surface area contributed by atoms with Gasteiger partial charge in [-0.25, -0.2) is 0 Å². The largest absolute Gasteiger partial charge is 0.492 e. The fourth-order valence-corrected chi connectivity index (χ4v) is 3.23. The molecular weight excluding hydrogens is 272 g/mol. The highest BCUT2D eigenvalue weighted by atomic mass is 32.1. The molecular formula is C15H20N2O2S. The number of para-hydroxylation sites is 1. The smallest absolute Gasteiger partial charge is 0.178 e. The Morgan fingerprint density at radius 2 is 2.10 bits per heavy atom. The summed E-state index contributed by atoms with van der Waals surface area (Å²) in [5.74, 6) is 0.871. The molecule has 1 aromatic heterocycles. The lowest BCUT2D eigenvalue weighted by Gasteiger charge is -2.36. The molecule has 20 heavy (non-hydrogen) atoms. The predicted octanol–water partition coefficient (Wildman–Crippen LogP) is 3.84. The predicted molar refractivity (Wildman–Crippen MR) is 82.0 cm³/mol. The zero-order valence-electron chi connectivity index (χ0n) is 11.9. The fourth-order valence-electron chi connectivity index (χ4n) is 2.88. The Kier molecular flexibility index (Phi) is 3.81. The normalized spacial score (nSPS) is 21.9. The minimum atomic E-state index is 0.381. The molecule has 4 nitrogen and oxygen atoms in total. The molecule has 1 heterocycles. The van der Waals surface area contributed by atoms with Crippen LogP contribution in [0.1, 0.15) is 32.7 Å². The van der Waals surface area contributed by atoms with Crippen LogP contribution in [0.15, 0.2) is 18.2 Å². The third-order valence-corrected chi connectivity index (χ3v) is 4.15. The number of fused-ring (bicyclic) bond motifs is 1. The SMILES string of the molecule is CCOc1cccc2c1[nH]c(=S)n2C1CC(OCC)C1. The first-order valence-corrected chi connectivity index (χ1v) is 7.63. The van der Waals surface area contributed by atoms with Gasteiger partial charge in [-0.05, 0) is 51.0 Å². The molecule has 0 amide bonds. The molecule has 5 heteroatoms. The van der Waals surface area contributed by atoms with E-state index in [0.29, 0.717) is 18.8 Å². The van der Waals surface area contributed by atoms with Crippen LogP contribution in [0.3, 0.4) is 0 Å². The Morgan fingerprint density at radius 1 is 1.30 bits per heavy atom. The lowest BCUT2D eigenvalue weighted by atomic mass is 9.89. The summed E-state index contributed by atoms with van der Waals surface area (Å²) in [7, 11) is 0. The molecule has 0 spiro atoms. The van der Waals surface area contributed by atoms with Gasteiger partial charge in [0, 0.05) is 12.6 Å². The van der Waals surface area contributed by atoms with Crippen molar-refractivity contribution in [3.63, 3.8) is 0 Å². The molecule has 0 unspecified atom stereocenters. The summed E-state index contributed by atoms with van der Waals surface area (Å²) < 4.78 is 14.3. The number of aromatic amines is 1. The first-order chi connectivity index (χ1) is 9.74. The van der Waals surface area contributed by atoms with Crippen molar-refractivity contribution in [2.45, 2.75) is 38.8 Å². The van der Waals surface area contributed by atoms with E-state index in [0.717, 1.165) is 41.0 Å². The third kappa shape index (κ3) is 2.25. The molecule has 1 fully saturated rings. The summed E-state index contributed by atoms with van der Waals surface area (Å²) in [5, 5.41) is 0. The van der Waals surface area contributed by atoms with Gasteiger partial charge >= 0.3 is 0 Å². The van der Waals surface area contributed by atoms with E-state index in [2.05, 4.69) is 15.6 Å². The van der Waals surface area contributed by atoms with Crippen LogP contribution in [0.5, 0.6) is 5.75 Å². The zero-order chi connectivity index (χ0) is 14.1. The van der Waals surface area contributed by atoms with Crippen LogP contribution in [-0.2, 0) is 4.74 Å². The maximum Gasteiger partial charge on any atom is 0.178 e. The summed E-state index contributed by atoms with van der Waals surface area (Å²) in [6, 6.07) is 6.53. The van der Waals surface area contributed by atoms with Gasteiger partial charge in [-0.2, -0.15) is 0 Å². The number of rotatable bonds is 5. The lowest BCUT2D eigenvalue weighted by Crippen LogP contribution is -2.33. The van der Waals surface area contributed by atoms with Crippen LogP contribution < -0.4 is 4.74 Å². The number of hydrogen-bond acceptors (Lipinski definition) is 3. The van der Waals surface area contributed by atoms with Crippen molar-refractivity contribution in [3.8, 4) is 5.75 Å². The van der Waals surface area contributed by atoms with Crippen LogP contribution in [-0.4, -0.2) is 28.9 Å². The second-order valence-electron chi connectivity index (χ2n) is 5.09. The molecule has 1 aliphatic carbocycles. The standard InChI is InChI=1S/C15H20N2O2S/c1-3-18-11-8-10(9-11)17-12-6-5-7-13(19-4-2)14(12)16-15(17)20/h5-7,10-11H,3-4,8-9H2,1-2H3,(H,16,20). The first kappa shape index (κ1) is 13.6. The van der Waals surface area contributed by atoms with Crippen LogP contribution in [0.4, 0.5) is 0 Å². The number of nitrogens with one attached hydrogen (secondary N) is 1. The van der Waals surface area contributed by atoms with E-state index in [1.165, 1.54) is 0 Å². The van der Waals surface area contributed by atoms with E-state index >= 15 is 0 Å². The van der Waals surface area contributed by atoms with Crippen molar-refractivity contribution in [3.05, 3.63) is 23.0 Å². The van der Waals surface area contributed by atoms with Gasteiger partial charge in [0.05, 0.1) is 18.2 Å². The van der Waals surface area contributed by atoms with Crippen LogP contribution in [0.2, 0.25) is 0 Å². The molecule has 1 saturated carbocycles.